The van der Waals surface area contributed by atoms with Gasteiger partial charge in [0.2, 0.25) is 11.8 Å². The lowest BCUT2D eigenvalue weighted by molar-refractivity contribution is -0.138. The molecule has 0 bridgehead atoms. The van der Waals surface area contributed by atoms with E-state index in [0.29, 0.717) is 38.2 Å². The van der Waals surface area contributed by atoms with Crippen LogP contribution in [0.3, 0.4) is 0 Å². The minimum absolute atomic E-state index is 0.0706. The van der Waals surface area contributed by atoms with Gasteiger partial charge in [-0.15, -0.1) is 0 Å². The molecular weight excluding hydrogens is 793 g/mol. The Hall–Kier alpha value is -4.35. The molecule has 4 aromatic carbocycles. The van der Waals surface area contributed by atoms with Crippen molar-refractivity contribution in [3.63, 3.8) is 0 Å². The molecule has 3 fully saturated rings. The maximum Gasteiger partial charge on any atom is 0.260 e. The number of methoxy groups -OCH3 is 1. The van der Waals surface area contributed by atoms with Crippen molar-refractivity contribution in [2.75, 3.05) is 17.4 Å². The van der Waals surface area contributed by atoms with Crippen molar-refractivity contribution < 1.29 is 29.0 Å². The number of nitrogens with one attached hydrogen (secondary N) is 1. The van der Waals surface area contributed by atoms with Gasteiger partial charge in [-0.05, 0) is 97.1 Å². The lowest BCUT2D eigenvalue weighted by Crippen LogP contribution is -2.53. The molecular formula is C39H29BrCl3N3O6. The Bertz CT molecular complexity index is 2210. The number of phenolic OH excluding ortho intramolecular Hbond substituents is 1. The largest absolute Gasteiger partial charge is 0.508 e. The van der Waals surface area contributed by atoms with Crippen molar-refractivity contribution in [1.29, 1.82) is 0 Å². The summed E-state index contributed by atoms with van der Waals surface area (Å²) in [6.07, 6.45) is 2.21. The molecule has 2 N–H and O–H groups in total. The Morgan fingerprint density at radius 2 is 1.54 bits per heavy atom. The summed E-state index contributed by atoms with van der Waals surface area (Å²) in [7, 11) is 1.53. The molecule has 4 aliphatic rings. The number of hydrogen-bond donors (Lipinski definition) is 2. The van der Waals surface area contributed by atoms with Gasteiger partial charge >= 0.3 is 0 Å². The average Bonchev–Trinajstić information content (AvgIpc) is 3.51. The number of nitrogens with zero attached hydrogens (tertiary/aromatic N) is 2. The van der Waals surface area contributed by atoms with Crippen molar-refractivity contribution in [2.24, 2.45) is 23.7 Å². The number of allylic oxidation sites excluding steroid dienone is 2. The quantitative estimate of drug-likeness (QED) is 0.149. The molecule has 2 aliphatic heterocycles. The fourth-order valence-electron chi connectivity index (χ4n) is 8.79. The summed E-state index contributed by atoms with van der Waals surface area (Å²) in [5.74, 6) is -5.60. The normalized spacial score (nSPS) is 26.6. The van der Waals surface area contributed by atoms with Crippen LogP contribution in [-0.2, 0) is 24.6 Å². The Morgan fingerprint density at radius 3 is 2.23 bits per heavy atom. The van der Waals surface area contributed by atoms with Gasteiger partial charge in [0.15, 0.2) is 0 Å². The summed E-state index contributed by atoms with van der Waals surface area (Å²) >= 11 is 22.7. The van der Waals surface area contributed by atoms with Gasteiger partial charge in [0.1, 0.15) is 11.5 Å². The van der Waals surface area contributed by atoms with Crippen molar-refractivity contribution in [1.82, 2.24) is 5.01 Å². The van der Waals surface area contributed by atoms with Crippen LogP contribution in [0.1, 0.15) is 29.9 Å². The minimum Gasteiger partial charge on any atom is -0.508 e. The average molecular weight is 822 g/mol. The molecule has 0 aromatic heterocycles. The van der Waals surface area contributed by atoms with Gasteiger partial charge in [0.25, 0.3) is 11.8 Å². The van der Waals surface area contributed by atoms with Crippen LogP contribution >= 0.6 is 50.7 Å². The summed E-state index contributed by atoms with van der Waals surface area (Å²) in [5.41, 5.74) is 3.54. The number of amides is 4. The van der Waals surface area contributed by atoms with E-state index in [1.54, 1.807) is 66.7 Å². The highest BCUT2D eigenvalue weighted by Crippen LogP contribution is 2.65. The van der Waals surface area contributed by atoms with E-state index in [4.69, 9.17) is 39.5 Å². The van der Waals surface area contributed by atoms with Crippen LogP contribution in [0.2, 0.25) is 15.1 Å². The predicted octanol–water partition coefficient (Wildman–Crippen LogP) is 8.31. The van der Waals surface area contributed by atoms with Crippen molar-refractivity contribution >= 4 is 85.7 Å². The van der Waals surface area contributed by atoms with Crippen LogP contribution in [0.4, 0.5) is 11.4 Å². The van der Waals surface area contributed by atoms with E-state index >= 15 is 4.79 Å². The van der Waals surface area contributed by atoms with Crippen LogP contribution in [0.25, 0.3) is 0 Å². The number of ether oxygens (including phenoxy) is 1. The van der Waals surface area contributed by atoms with Crippen molar-refractivity contribution in [2.45, 2.75) is 24.2 Å². The van der Waals surface area contributed by atoms with Crippen LogP contribution < -0.4 is 15.1 Å². The predicted molar refractivity (Wildman–Crippen MR) is 200 cm³/mol. The third kappa shape index (κ3) is 5.17. The molecule has 9 nitrogen and oxygen atoms in total. The number of anilines is 2. The Kier molecular flexibility index (Phi) is 8.65. The number of fused-ring (bicyclic) bond motifs is 4. The number of aromatic hydroxyl groups is 1. The van der Waals surface area contributed by atoms with Crippen molar-refractivity contribution in [3.05, 3.63) is 127 Å². The third-order valence-corrected chi connectivity index (χ3v) is 12.3. The van der Waals surface area contributed by atoms with E-state index in [9.17, 15) is 19.5 Å². The molecule has 2 saturated heterocycles. The van der Waals surface area contributed by atoms with Gasteiger partial charge in [-0.2, -0.15) is 5.01 Å². The number of phenols is 1. The van der Waals surface area contributed by atoms with Gasteiger partial charge in [-0.1, -0.05) is 74.5 Å². The highest BCUT2D eigenvalue weighted by molar-refractivity contribution is 9.10. The Morgan fingerprint density at radius 1 is 0.846 bits per heavy atom. The maximum absolute atomic E-state index is 15.3. The number of hydrogen-bond acceptors (Lipinski definition) is 7. The van der Waals surface area contributed by atoms with E-state index < -0.39 is 46.8 Å². The van der Waals surface area contributed by atoms with Gasteiger partial charge in [-0.25, -0.2) is 0 Å². The molecule has 264 valence electrons. The molecule has 6 atom stereocenters. The third-order valence-electron chi connectivity index (χ3n) is 11.0. The standard InChI is InChI=1S/C39H29BrCl3N3O6/c1-52-24-10-2-19(3-11-24)39-29(36(49)46(38(39)51)44-31-14-6-22(42)17-30(31)43)18-27-25(34(39)28-16-21(41)7-15-32(28)47)12-13-26-33(27)37(50)45(35(26)48)23-8-4-20(40)5-9-23/h2-12,14-17,26-27,29,33-34,44,47H,13,18H2,1H3. The summed E-state index contributed by atoms with van der Waals surface area (Å²) in [4.78, 5) is 59.9. The number of hydrazine groups is 1. The van der Waals surface area contributed by atoms with Crippen LogP contribution in [-0.4, -0.2) is 40.9 Å². The first-order valence-electron chi connectivity index (χ1n) is 16.5. The monoisotopic (exact) mass is 819 g/mol. The zero-order chi connectivity index (χ0) is 36.6. The molecule has 4 amide bonds. The zero-order valence-electron chi connectivity index (χ0n) is 27.4. The molecule has 4 aromatic rings. The number of imide groups is 2. The van der Waals surface area contributed by atoms with E-state index in [1.807, 2.05) is 6.08 Å². The smallest absolute Gasteiger partial charge is 0.260 e. The van der Waals surface area contributed by atoms with E-state index in [-0.39, 0.29) is 41.1 Å². The SMILES string of the molecule is COc1ccc(C23C(=O)N(Nc4ccc(Cl)cc4Cl)C(=O)C2CC2C(=CCC4C(=O)N(c5ccc(Br)cc5)C(=O)C42)C3c2cc(Cl)ccc2O)cc1. The van der Waals surface area contributed by atoms with Crippen molar-refractivity contribution in [3.8, 4) is 11.5 Å². The van der Waals surface area contributed by atoms with Crippen LogP contribution in [0, 0.1) is 23.7 Å². The van der Waals surface area contributed by atoms with E-state index in [1.165, 1.54) is 30.2 Å². The molecule has 8 rings (SSSR count). The summed E-state index contributed by atoms with van der Waals surface area (Å²) in [6, 6.07) is 23.1. The summed E-state index contributed by atoms with van der Waals surface area (Å²) < 4.78 is 6.24. The van der Waals surface area contributed by atoms with Crippen LogP contribution in [0.15, 0.2) is 101 Å². The molecule has 13 heteroatoms. The van der Waals surface area contributed by atoms with Gasteiger partial charge < -0.3 is 9.84 Å². The lowest BCUT2D eigenvalue weighted by Gasteiger charge is -2.50. The molecule has 0 radical (unpaired) electrons. The minimum atomic E-state index is -1.64. The zero-order valence-corrected chi connectivity index (χ0v) is 31.2. The number of carbonyl (C=O) groups excluding carboxylic acids is 4. The second-order valence-electron chi connectivity index (χ2n) is 13.4. The maximum atomic E-state index is 15.3. The number of rotatable bonds is 6. The molecule has 2 heterocycles. The van der Waals surface area contributed by atoms with Gasteiger partial charge in [0, 0.05) is 26.0 Å². The Balaban J connectivity index is 1.34. The molecule has 52 heavy (non-hydrogen) atoms. The topological polar surface area (TPSA) is 116 Å². The second kappa shape index (κ2) is 12.9. The molecule has 1 saturated carbocycles. The number of halogens is 4. The summed E-state index contributed by atoms with van der Waals surface area (Å²) in [6.45, 7) is 0. The molecule has 6 unspecified atom stereocenters. The highest BCUT2D eigenvalue weighted by Gasteiger charge is 2.70. The first-order chi connectivity index (χ1) is 24.9. The Labute approximate surface area is 322 Å². The first kappa shape index (κ1) is 34.7. The fourth-order valence-corrected chi connectivity index (χ4v) is 9.68. The second-order valence-corrected chi connectivity index (χ2v) is 15.6. The van der Waals surface area contributed by atoms with Crippen LogP contribution in [0.5, 0.6) is 11.5 Å². The highest BCUT2D eigenvalue weighted by atomic mass is 79.9. The van der Waals surface area contributed by atoms with Gasteiger partial charge in [-0.3, -0.25) is 29.5 Å². The summed E-state index contributed by atoms with van der Waals surface area (Å²) in [5, 5.41) is 13.4. The first-order valence-corrected chi connectivity index (χ1v) is 18.4. The molecule has 2 aliphatic carbocycles. The van der Waals surface area contributed by atoms with E-state index in [2.05, 4.69) is 21.4 Å². The number of carbonyl (C=O) groups is 4. The lowest BCUT2D eigenvalue weighted by atomic mass is 9.49. The number of benzene rings is 4. The van der Waals surface area contributed by atoms with Gasteiger partial charge in [0.05, 0.1) is 46.7 Å². The van der Waals surface area contributed by atoms with E-state index in [0.717, 1.165) is 9.48 Å². The fraction of sp³-hybridized carbons (Fsp3) is 0.231. The molecule has 0 spiro atoms.